The van der Waals surface area contributed by atoms with E-state index in [9.17, 15) is 9.59 Å². The summed E-state index contributed by atoms with van der Waals surface area (Å²) in [6.07, 6.45) is 0. The Morgan fingerprint density at radius 1 is 1.12 bits per heavy atom. The first-order valence-corrected chi connectivity index (χ1v) is 8.47. The summed E-state index contributed by atoms with van der Waals surface area (Å²) in [7, 11) is 0. The standard InChI is InChI=1S/C18H22N4O4/c1-12-13(2)21-26-18(12)20-17(24)14-3-5-15(6-4-14)19-16(23)11-22-7-9-25-10-8-22/h3-6H,7-11H2,1-2H3,(H,19,23)(H,20,24). The second-order valence-electron chi connectivity index (χ2n) is 6.19. The molecular weight excluding hydrogens is 336 g/mol. The van der Waals surface area contributed by atoms with E-state index < -0.39 is 0 Å². The summed E-state index contributed by atoms with van der Waals surface area (Å²) in [4.78, 5) is 26.4. The van der Waals surface area contributed by atoms with E-state index in [1.807, 2.05) is 18.7 Å². The number of morpholine rings is 1. The van der Waals surface area contributed by atoms with Gasteiger partial charge in [-0.15, -0.1) is 0 Å². The molecule has 1 aliphatic rings. The van der Waals surface area contributed by atoms with Crippen LogP contribution in [0.4, 0.5) is 11.6 Å². The second-order valence-corrected chi connectivity index (χ2v) is 6.19. The Balaban J connectivity index is 1.54. The Morgan fingerprint density at radius 2 is 1.81 bits per heavy atom. The fraction of sp³-hybridized carbons (Fsp3) is 0.389. The Morgan fingerprint density at radius 3 is 2.42 bits per heavy atom. The van der Waals surface area contributed by atoms with Crippen LogP contribution in [0.15, 0.2) is 28.8 Å². The Labute approximate surface area is 151 Å². The van der Waals surface area contributed by atoms with Crippen LogP contribution < -0.4 is 10.6 Å². The van der Waals surface area contributed by atoms with Crippen molar-refractivity contribution < 1.29 is 18.8 Å². The molecule has 3 rings (SSSR count). The number of carbonyl (C=O) groups excluding carboxylic acids is 2. The molecule has 1 fully saturated rings. The van der Waals surface area contributed by atoms with Crippen molar-refractivity contribution >= 4 is 23.4 Å². The van der Waals surface area contributed by atoms with Crippen molar-refractivity contribution in [3.8, 4) is 0 Å². The molecular formula is C18H22N4O4. The number of hydrogen-bond acceptors (Lipinski definition) is 6. The third-order valence-electron chi connectivity index (χ3n) is 4.29. The van der Waals surface area contributed by atoms with Gasteiger partial charge in [0.15, 0.2) is 0 Å². The number of rotatable bonds is 5. The van der Waals surface area contributed by atoms with Crippen LogP contribution in [-0.4, -0.2) is 54.7 Å². The predicted octanol–water partition coefficient (Wildman–Crippen LogP) is 1.81. The molecule has 2 heterocycles. The van der Waals surface area contributed by atoms with Crippen LogP contribution in [0.25, 0.3) is 0 Å². The summed E-state index contributed by atoms with van der Waals surface area (Å²) in [5.41, 5.74) is 2.64. The molecule has 26 heavy (non-hydrogen) atoms. The zero-order chi connectivity index (χ0) is 18.5. The molecule has 0 spiro atoms. The van der Waals surface area contributed by atoms with E-state index in [1.165, 1.54) is 0 Å². The normalized spacial score (nSPS) is 14.8. The zero-order valence-corrected chi connectivity index (χ0v) is 14.9. The molecule has 1 saturated heterocycles. The number of ether oxygens (including phenoxy) is 1. The third-order valence-corrected chi connectivity index (χ3v) is 4.29. The molecule has 1 aromatic heterocycles. The predicted molar refractivity (Wildman–Crippen MR) is 96.3 cm³/mol. The van der Waals surface area contributed by atoms with Crippen molar-refractivity contribution in [1.29, 1.82) is 0 Å². The SMILES string of the molecule is Cc1noc(NC(=O)c2ccc(NC(=O)CN3CCOCC3)cc2)c1C. The Bertz CT molecular complexity index is 779. The van der Waals surface area contributed by atoms with Gasteiger partial charge in [0.2, 0.25) is 11.8 Å². The van der Waals surface area contributed by atoms with E-state index >= 15 is 0 Å². The van der Waals surface area contributed by atoms with Crippen LogP contribution in [0.5, 0.6) is 0 Å². The molecule has 8 heteroatoms. The summed E-state index contributed by atoms with van der Waals surface area (Å²) in [5.74, 6) is -0.0392. The summed E-state index contributed by atoms with van der Waals surface area (Å²) in [6.45, 7) is 6.79. The number of benzene rings is 1. The van der Waals surface area contributed by atoms with E-state index in [2.05, 4.69) is 15.8 Å². The number of aryl methyl sites for hydroxylation is 1. The minimum atomic E-state index is -0.296. The smallest absolute Gasteiger partial charge is 0.258 e. The monoisotopic (exact) mass is 358 g/mol. The van der Waals surface area contributed by atoms with Gasteiger partial charge in [0, 0.05) is 29.9 Å². The average Bonchev–Trinajstić information content (AvgIpc) is 2.95. The van der Waals surface area contributed by atoms with E-state index in [4.69, 9.17) is 9.26 Å². The lowest BCUT2D eigenvalue weighted by Gasteiger charge is -2.25. The first-order chi connectivity index (χ1) is 12.5. The summed E-state index contributed by atoms with van der Waals surface area (Å²) in [5, 5.41) is 9.33. The zero-order valence-electron chi connectivity index (χ0n) is 14.9. The lowest BCUT2D eigenvalue weighted by molar-refractivity contribution is -0.118. The van der Waals surface area contributed by atoms with Crippen LogP contribution >= 0.6 is 0 Å². The van der Waals surface area contributed by atoms with Crippen molar-refractivity contribution in [2.45, 2.75) is 13.8 Å². The van der Waals surface area contributed by atoms with E-state index in [1.54, 1.807) is 24.3 Å². The van der Waals surface area contributed by atoms with Crippen LogP contribution in [0.3, 0.4) is 0 Å². The lowest BCUT2D eigenvalue weighted by Crippen LogP contribution is -2.41. The fourth-order valence-electron chi connectivity index (χ4n) is 2.58. The highest BCUT2D eigenvalue weighted by Crippen LogP contribution is 2.19. The molecule has 0 unspecified atom stereocenters. The van der Waals surface area contributed by atoms with Crippen LogP contribution in [0.2, 0.25) is 0 Å². The van der Waals surface area contributed by atoms with Gasteiger partial charge < -0.3 is 14.6 Å². The van der Waals surface area contributed by atoms with Gasteiger partial charge in [-0.2, -0.15) is 0 Å². The number of hydrogen-bond donors (Lipinski definition) is 2. The Kier molecular flexibility index (Phi) is 5.65. The quantitative estimate of drug-likeness (QED) is 0.846. The topological polar surface area (TPSA) is 96.7 Å². The molecule has 0 saturated carbocycles. The fourth-order valence-corrected chi connectivity index (χ4v) is 2.58. The molecule has 0 radical (unpaired) electrons. The first-order valence-electron chi connectivity index (χ1n) is 8.47. The molecule has 138 valence electrons. The van der Waals surface area contributed by atoms with Gasteiger partial charge in [0.25, 0.3) is 5.91 Å². The number of anilines is 2. The summed E-state index contributed by atoms with van der Waals surface area (Å²) in [6, 6.07) is 6.70. The maximum atomic E-state index is 12.3. The van der Waals surface area contributed by atoms with E-state index in [0.29, 0.717) is 36.9 Å². The largest absolute Gasteiger partial charge is 0.379 e. The first kappa shape index (κ1) is 18.1. The van der Waals surface area contributed by atoms with Gasteiger partial charge in [0.1, 0.15) is 0 Å². The highest BCUT2D eigenvalue weighted by Gasteiger charge is 2.15. The Hall–Kier alpha value is -2.71. The van der Waals surface area contributed by atoms with Gasteiger partial charge in [-0.25, -0.2) is 0 Å². The number of nitrogens with zero attached hydrogens (tertiary/aromatic N) is 2. The minimum Gasteiger partial charge on any atom is -0.379 e. The van der Waals surface area contributed by atoms with Gasteiger partial charge >= 0.3 is 0 Å². The number of aromatic nitrogens is 1. The molecule has 8 nitrogen and oxygen atoms in total. The minimum absolute atomic E-state index is 0.0862. The number of amides is 2. The maximum absolute atomic E-state index is 12.3. The molecule has 1 aromatic carbocycles. The molecule has 1 aliphatic heterocycles. The molecule has 2 amide bonds. The summed E-state index contributed by atoms with van der Waals surface area (Å²) < 4.78 is 10.3. The van der Waals surface area contributed by atoms with Crippen molar-refractivity contribution in [2.24, 2.45) is 0 Å². The van der Waals surface area contributed by atoms with Crippen LogP contribution in [-0.2, 0) is 9.53 Å². The average molecular weight is 358 g/mol. The van der Waals surface area contributed by atoms with Crippen molar-refractivity contribution in [3.05, 3.63) is 41.1 Å². The van der Waals surface area contributed by atoms with Gasteiger partial charge in [-0.05, 0) is 38.1 Å². The molecule has 0 aliphatic carbocycles. The van der Waals surface area contributed by atoms with Crippen LogP contribution in [0.1, 0.15) is 21.6 Å². The molecule has 2 aromatic rings. The second kappa shape index (κ2) is 8.11. The van der Waals surface area contributed by atoms with E-state index in [0.717, 1.165) is 24.3 Å². The third kappa shape index (κ3) is 4.47. The van der Waals surface area contributed by atoms with Crippen molar-refractivity contribution in [1.82, 2.24) is 10.1 Å². The maximum Gasteiger partial charge on any atom is 0.258 e. The summed E-state index contributed by atoms with van der Waals surface area (Å²) >= 11 is 0. The molecule has 0 bridgehead atoms. The van der Waals surface area contributed by atoms with Crippen molar-refractivity contribution in [2.75, 3.05) is 43.5 Å². The molecule has 2 N–H and O–H groups in total. The number of carbonyl (C=O) groups is 2. The van der Waals surface area contributed by atoms with Gasteiger partial charge in [-0.3, -0.25) is 19.8 Å². The highest BCUT2D eigenvalue weighted by atomic mass is 16.5. The van der Waals surface area contributed by atoms with Gasteiger partial charge in [-0.1, -0.05) is 5.16 Å². The van der Waals surface area contributed by atoms with Crippen molar-refractivity contribution in [3.63, 3.8) is 0 Å². The molecule has 0 atom stereocenters. The van der Waals surface area contributed by atoms with Gasteiger partial charge in [0.05, 0.1) is 25.5 Å². The van der Waals surface area contributed by atoms with Crippen LogP contribution in [0, 0.1) is 13.8 Å². The highest BCUT2D eigenvalue weighted by molar-refractivity contribution is 6.04. The van der Waals surface area contributed by atoms with E-state index in [-0.39, 0.29) is 11.8 Å². The number of nitrogens with one attached hydrogen (secondary N) is 2. The lowest BCUT2D eigenvalue weighted by atomic mass is 10.2.